The summed E-state index contributed by atoms with van der Waals surface area (Å²) in [6, 6.07) is 2.01. The summed E-state index contributed by atoms with van der Waals surface area (Å²) < 4.78 is 7.07. The van der Waals surface area contributed by atoms with Gasteiger partial charge >= 0.3 is 0 Å². The van der Waals surface area contributed by atoms with E-state index in [1.165, 1.54) is 0 Å². The smallest absolute Gasteiger partial charge is 0.192 e. The predicted octanol–water partition coefficient (Wildman–Crippen LogP) is 4.25. The highest BCUT2D eigenvalue weighted by Gasteiger charge is 2.37. The summed E-state index contributed by atoms with van der Waals surface area (Å²) in [5.74, 6) is 0.708. The molecule has 4 nitrogen and oxygen atoms in total. The van der Waals surface area contributed by atoms with Gasteiger partial charge < -0.3 is 15.5 Å². The van der Waals surface area contributed by atoms with E-state index in [1.807, 2.05) is 6.07 Å². The number of hydrogen-bond acceptors (Lipinski definition) is 4. The molecular weight excluding hydrogens is 334 g/mol. The molecule has 114 valence electrons. The standard InChI is InChI=1S/C14H26BrN3OSi/c1-10(9-19-20(5,6)14(2,3)4)18-13-12(16)7-11(15)8-17-13/h7-8,10H,9,16H2,1-6H3,(H,17,18). The normalized spacial score (nSPS) is 14.2. The molecule has 0 spiro atoms. The molecule has 1 aromatic heterocycles. The van der Waals surface area contributed by atoms with E-state index in [4.69, 9.17) is 10.2 Å². The van der Waals surface area contributed by atoms with Crippen LogP contribution in [0, 0.1) is 0 Å². The number of hydrogen-bond donors (Lipinski definition) is 2. The fourth-order valence-corrected chi connectivity index (χ4v) is 2.85. The van der Waals surface area contributed by atoms with Crippen molar-refractivity contribution in [1.29, 1.82) is 0 Å². The van der Waals surface area contributed by atoms with E-state index in [9.17, 15) is 0 Å². The van der Waals surface area contributed by atoms with Gasteiger partial charge in [0.15, 0.2) is 8.32 Å². The molecule has 3 N–H and O–H groups in total. The highest BCUT2D eigenvalue weighted by molar-refractivity contribution is 9.10. The van der Waals surface area contributed by atoms with Crippen LogP contribution in [0.3, 0.4) is 0 Å². The van der Waals surface area contributed by atoms with Crippen molar-refractivity contribution in [3.8, 4) is 0 Å². The fraction of sp³-hybridized carbons (Fsp3) is 0.643. The lowest BCUT2D eigenvalue weighted by Gasteiger charge is -2.37. The number of nitrogen functional groups attached to an aromatic ring is 1. The van der Waals surface area contributed by atoms with Gasteiger partial charge in [-0.05, 0) is 47.1 Å². The Hall–Kier alpha value is -0.593. The Bertz CT molecular complexity index is 460. The zero-order valence-corrected chi connectivity index (χ0v) is 15.8. The van der Waals surface area contributed by atoms with Crippen LogP contribution in [-0.4, -0.2) is 26.0 Å². The van der Waals surface area contributed by atoms with Gasteiger partial charge in [-0.15, -0.1) is 0 Å². The monoisotopic (exact) mass is 359 g/mol. The zero-order chi connectivity index (χ0) is 15.6. The van der Waals surface area contributed by atoms with E-state index in [2.05, 4.69) is 67.0 Å². The number of nitrogens with zero attached hydrogens (tertiary/aromatic N) is 1. The van der Waals surface area contributed by atoms with Crippen LogP contribution in [0.1, 0.15) is 27.7 Å². The number of pyridine rings is 1. The van der Waals surface area contributed by atoms with Crippen molar-refractivity contribution in [3.63, 3.8) is 0 Å². The van der Waals surface area contributed by atoms with Gasteiger partial charge in [0.1, 0.15) is 5.82 Å². The lowest BCUT2D eigenvalue weighted by Crippen LogP contribution is -2.43. The Morgan fingerprint density at radius 3 is 2.55 bits per heavy atom. The first-order valence-electron chi connectivity index (χ1n) is 6.84. The summed E-state index contributed by atoms with van der Waals surface area (Å²) in [5, 5.41) is 3.53. The molecule has 0 fully saturated rings. The zero-order valence-electron chi connectivity index (χ0n) is 13.2. The van der Waals surface area contributed by atoms with Crippen LogP contribution in [0.4, 0.5) is 11.5 Å². The quantitative estimate of drug-likeness (QED) is 0.771. The van der Waals surface area contributed by atoms with Crippen molar-refractivity contribution in [1.82, 2.24) is 4.98 Å². The summed E-state index contributed by atoms with van der Waals surface area (Å²) in [4.78, 5) is 4.28. The summed E-state index contributed by atoms with van der Waals surface area (Å²) in [7, 11) is -1.71. The molecule has 1 aromatic rings. The molecule has 1 rings (SSSR count). The predicted molar refractivity (Wildman–Crippen MR) is 92.6 cm³/mol. The van der Waals surface area contributed by atoms with Crippen molar-refractivity contribution in [2.24, 2.45) is 0 Å². The summed E-state index contributed by atoms with van der Waals surface area (Å²) in [5.41, 5.74) is 6.57. The molecule has 0 amide bonds. The maximum absolute atomic E-state index is 6.19. The van der Waals surface area contributed by atoms with Crippen LogP contribution < -0.4 is 11.1 Å². The fourth-order valence-electron chi connectivity index (χ4n) is 1.40. The molecule has 0 aliphatic rings. The molecule has 6 heteroatoms. The van der Waals surface area contributed by atoms with Gasteiger partial charge in [-0.1, -0.05) is 20.8 Å². The Morgan fingerprint density at radius 1 is 1.45 bits per heavy atom. The third kappa shape index (κ3) is 4.75. The lowest BCUT2D eigenvalue weighted by molar-refractivity contribution is 0.276. The maximum atomic E-state index is 6.19. The van der Waals surface area contributed by atoms with E-state index >= 15 is 0 Å². The van der Waals surface area contributed by atoms with Crippen LogP contribution >= 0.6 is 15.9 Å². The largest absolute Gasteiger partial charge is 0.415 e. The van der Waals surface area contributed by atoms with Crippen LogP contribution in [0.15, 0.2) is 16.7 Å². The number of nitrogens with one attached hydrogen (secondary N) is 1. The molecule has 0 radical (unpaired) electrons. The average Bonchev–Trinajstić information content (AvgIpc) is 2.29. The molecule has 0 aromatic carbocycles. The van der Waals surface area contributed by atoms with Crippen LogP contribution in [-0.2, 0) is 4.43 Å². The van der Waals surface area contributed by atoms with Gasteiger partial charge in [-0.3, -0.25) is 0 Å². The Kier molecular flexibility index (Phi) is 5.63. The van der Waals surface area contributed by atoms with Crippen molar-refractivity contribution in [3.05, 3.63) is 16.7 Å². The number of anilines is 2. The van der Waals surface area contributed by atoms with E-state index < -0.39 is 8.32 Å². The van der Waals surface area contributed by atoms with Gasteiger partial charge in [0.05, 0.1) is 12.3 Å². The topological polar surface area (TPSA) is 60.2 Å². The second-order valence-electron chi connectivity index (χ2n) is 6.71. The molecule has 20 heavy (non-hydrogen) atoms. The third-order valence-electron chi connectivity index (χ3n) is 3.77. The van der Waals surface area contributed by atoms with Gasteiger partial charge in [-0.2, -0.15) is 0 Å². The van der Waals surface area contributed by atoms with E-state index in [0.717, 1.165) is 4.47 Å². The summed E-state index contributed by atoms with van der Waals surface area (Å²) in [6.07, 6.45) is 1.74. The Morgan fingerprint density at radius 2 is 2.05 bits per heavy atom. The number of rotatable bonds is 5. The highest BCUT2D eigenvalue weighted by atomic mass is 79.9. The van der Waals surface area contributed by atoms with Gasteiger partial charge in [0, 0.05) is 16.7 Å². The molecule has 1 unspecified atom stereocenters. The summed E-state index contributed by atoms with van der Waals surface area (Å²) in [6.45, 7) is 14.0. The molecule has 0 bridgehead atoms. The van der Waals surface area contributed by atoms with Crippen LogP contribution in [0.25, 0.3) is 0 Å². The highest BCUT2D eigenvalue weighted by Crippen LogP contribution is 2.36. The number of nitrogens with two attached hydrogens (primary N) is 1. The lowest BCUT2D eigenvalue weighted by atomic mass is 10.2. The van der Waals surface area contributed by atoms with Crippen molar-refractivity contribution < 1.29 is 4.43 Å². The van der Waals surface area contributed by atoms with E-state index in [0.29, 0.717) is 18.1 Å². The SMILES string of the molecule is CC(CO[Si](C)(C)C(C)(C)C)Nc1ncc(Br)cc1N. The second kappa shape index (κ2) is 6.45. The van der Waals surface area contributed by atoms with Crippen LogP contribution in [0.2, 0.25) is 18.1 Å². The van der Waals surface area contributed by atoms with Gasteiger partial charge in [0.25, 0.3) is 0 Å². The third-order valence-corrected chi connectivity index (χ3v) is 8.70. The first-order chi connectivity index (χ1) is 9.03. The molecule has 0 aliphatic heterocycles. The minimum atomic E-state index is -1.71. The van der Waals surface area contributed by atoms with Crippen LogP contribution in [0.5, 0.6) is 0 Å². The molecule has 0 saturated carbocycles. The Balaban J connectivity index is 2.58. The minimum absolute atomic E-state index is 0.167. The van der Waals surface area contributed by atoms with E-state index in [1.54, 1.807) is 6.20 Å². The van der Waals surface area contributed by atoms with Gasteiger partial charge in [0.2, 0.25) is 0 Å². The maximum Gasteiger partial charge on any atom is 0.192 e. The first kappa shape index (κ1) is 17.5. The Labute approximate surface area is 131 Å². The number of aromatic nitrogens is 1. The second-order valence-corrected chi connectivity index (χ2v) is 12.4. The molecule has 0 aliphatic carbocycles. The minimum Gasteiger partial charge on any atom is -0.415 e. The molecule has 0 saturated heterocycles. The molecule has 1 atom stereocenters. The van der Waals surface area contributed by atoms with Gasteiger partial charge in [-0.25, -0.2) is 4.98 Å². The van der Waals surface area contributed by atoms with E-state index in [-0.39, 0.29) is 11.1 Å². The average molecular weight is 360 g/mol. The summed E-state index contributed by atoms with van der Waals surface area (Å²) >= 11 is 3.35. The van der Waals surface area contributed by atoms with Crippen molar-refractivity contribution in [2.75, 3.05) is 17.7 Å². The van der Waals surface area contributed by atoms with Crippen molar-refractivity contribution in [2.45, 2.75) is 51.9 Å². The molecular formula is C14H26BrN3OSi. The van der Waals surface area contributed by atoms with Crippen molar-refractivity contribution >= 4 is 35.8 Å². The first-order valence-corrected chi connectivity index (χ1v) is 10.5. The number of halogens is 1. The molecule has 1 heterocycles.